The van der Waals surface area contributed by atoms with Gasteiger partial charge in [0, 0.05) is 31.1 Å². The molecule has 1 fully saturated rings. The maximum atomic E-state index is 13.3. The van der Waals surface area contributed by atoms with Crippen LogP contribution in [0.3, 0.4) is 0 Å². The van der Waals surface area contributed by atoms with Crippen LogP contribution in [-0.2, 0) is 20.9 Å². The number of carbonyl (C=O) groups excluding carboxylic acids is 2. The summed E-state index contributed by atoms with van der Waals surface area (Å²) in [6.45, 7) is 3.50. The van der Waals surface area contributed by atoms with E-state index in [0.717, 1.165) is 37.0 Å². The van der Waals surface area contributed by atoms with Gasteiger partial charge in [0.15, 0.2) is 0 Å². The van der Waals surface area contributed by atoms with E-state index in [9.17, 15) is 9.59 Å². The molecular formula is C24H29ClN2O3. The van der Waals surface area contributed by atoms with Gasteiger partial charge in [0.1, 0.15) is 6.04 Å². The summed E-state index contributed by atoms with van der Waals surface area (Å²) in [7, 11) is 0. The smallest absolute Gasteiger partial charge is 0.247 e. The molecule has 0 unspecified atom stereocenters. The molecule has 1 aliphatic rings. The van der Waals surface area contributed by atoms with Crippen molar-refractivity contribution in [1.29, 1.82) is 0 Å². The predicted molar refractivity (Wildman–Crippen MR) is 118 cm³/mol. The average molecular weight is 429 g/mol. The Bertz CT molecular complexity index is 820. The molecule has 6 heteroatoms. The van der Waals surface area contributed by atoms with E-state index >= 15 is 0 Å². The highest BCUT2D eigenvalue weighted by Crippen LogP contribution is 2.25. The van der Waals surface area contributed by atoms with Crippen LogP contribution in [0, 0.1) is 0 Å². The SMILES string of the molecule is CCCC(=O)N(Cc1ccc(Cl)cc1)[C@H](C(=O)NC[C@@H]1CCCO1)c1ccccc1. The van der Waals surface area contributed by atoms with Gasteiger partial charge in [-0.3, -0.25) is 9.59 Å². The Labute approximate surface area is 183 Å². The van der Waals surface area contributed by atoms with Crippen molar-refractivity contribution in [1.82, 2.24) is 10.2 Å². The van der Waals surface area contributed by atoms with Crippen LogP contribution in [0.4, 0.5) is 0 Å². The van der Waals surface area contributed by atoms with E-state index in [1.165, 1.54) is 0 Å². The number of hydrogen-bond donors (Lipinski definition) is 1. The molecule has 0 radical (unpaired) electrons. The van der Waals surface area contributed by atoms with E-state index < -0.39 is 6.04 Å². The highest BCUT2D eigenvalue weighted by molar-refractivity contribution is 6.30. The zero-order chi connectivity index (χ0) is 21.3. The molecule has 0 aliphatic carbocycles. The van der Waals surface area contributed by atoms with E-state index in [1.807, 2.05) is 49.4 Å². The van der Waals surface area contributed by atoms with Gasteiger partial charge < -0.3 is 15.0 Å². The lowest BCUT2D eigenvalue weighted by Gasteiger charge is -2.32. The third-order valence-corrected chi connectivity index (χ3v) is 5.51. The third-order valence-electron chi connectivity index (χ3n) is 5.25. The summed E-state index contributed by atoms with van der Waals surface area (Å²) in [6.07, 6.45) is 3.10. The number of hydrogen-bond acceptors (Lipinski definition) is 3. The minimum atomic E-state index is -0.706. The van der Waals surface area contributed by atoms with Gasteiger partial charge in [-0.05, 0) is 42.5 Å². The van der Waals surface area contributed by atoms with Crippen LogP contribution in [-0.4, -0.2) is 36.0 Å². The first-order valence-electron chi connectivity index (χ1n) is 10.6. The summed E-state index contributed by atoms with van der Waals surface area (Å²) in [5.41, 5.74) is 1.72. The number of ether oxygens (including phenoxy) is 1. The van der Waals surface area contributed by atoms with Crippen LogP contribution >= 0.6 is 11.6 Å². The third kappa shape index (κ3) is 6.07. The lowest BCUT2D eigenvalue weighted by molar-refractivity contribution is -0.141. The van der Waals surface area contributed by atoms with Crippen LogP contribution < -0.4 is 5.32 Å². The fourth-order valence-corrected chi connectivity index (χ4v) is 3.82. The Kier molecular flexibility index (Phi) is 8.29. The maximum Gasteiger partial charge on any atom is 0.247 e. The van der Waals surface area contributed by atoms with E-state index in [1.54, 1.807) is 17.0 Å². The summed E-state index contributed by atoms with van der Waals surface area (Å²) in [6, 6.07) is 16.1. The Morgan fingerprint density at radius 1 is 1.17 bits per heavy atom. The standard InChI is InChI=1S/C24H29ClN2O3/c1-2-7-22(28)27(17-18-11-13-20(25)14-12-18)23(19-8-4-3-5-9-19)24(29)26-16-21-10-6-15-30-21/h3-5,8-9,11-14,21,23H,2,6-7,10,15-17H2,1H3,(H,26,29)/t21-,23-/m0/s1. The summed E-state index contributed by atoms with van der Waals surface area (Å²) in [5.74, 6) is -0.233. The average Bonchev–Trinajstić information content (AvgIpc) is 3.28. The number of benzene rings is 2. The van der Waals surface area contributed by atoms with E-state index in [4.69, 9.17) is 16.3 Å². The van der Waals surface area contributed by atoms with E-state index in [-0.39, 0.29) is 17.9 Å². The van der Waals surface area contributed by atoms with Gasteiger partial charge in [-0.2, -0.15) is 0 Å². The largest absolute Gasteiger partial charge is 0.376 e. The molecule has 30 heavy (non-hydrogen) atoms. The molecule has 1 heterocycles. The molecule has 2 amide bonds. The van der Waals surface area contributed by atoms with Gasteiger partial charge in [-0.25, -0.2) is 0 Å². The van der Waals surface area contributed by atoms with Crippen molar-refractivity contribution in [3.63, 3.8) is 0 Å². The number of amides is 2. The lowest BCUT2D eigenvalue weighted by Crippen LogP contribution is -2.45. The second-order valence-corrected chi connectivity index (χ2v) is 8.03. The van der Waals surface area contributed by atoms with E-state index in [2.05, 4.69) is 5.32 Å². The van der Waals surface area contributed by atoms with Crippen molar-refractivity contribution in [2.75, 3.05) is 13.2 Å². The zero-order valence-corrected chi connectivity index (χ0v) is 18.1. The van der Waals surface area contributed by atoms with Crippen molar-refractivity contribution in [2.45, 2.75) is 51.3 Å². The van der Waals surface area contributed by atoms with Crippen molar-refractivity contribution in [3.8, 4) is 0 Å². The van der Waals surface area contributed by atoms with Gasteiger partial charge in [-0.15, -0.1) is 0 Å². The zero-order valence-electron chi connectivity index (χ0n) is 17.4. The molecule has 1 N–H and O–H groups in total. The van der Waals surface area contributed by atoms with Gasteiger partial charge >= 0.3 is 0 Å². The first-order valence-corrected chi connectivity index (χ1v) is 10.9. The minimum Gasteiger partial charge on any atom is -0.376 e. The summed E-state index contributed by atoms with van der Waals surface area (Å²) >= 11 is 6.02. The van der Waals surface area contributed by atoms with Crippen LogP contribution in [0.5, 0.6) is 0 Å². The first kappa shape index (κ1) is 22.3. The number of rotatable bonds is 9. The molecule has 0 spiro atoms. The number of nitrogens with one attached hydrogen (secondary N) is 1. The van der Waals surface area contributed by atoms with Crippen LogP contribution in [0.15, 0.2) is 54.6 Å². The molecule has 2 atom stereocenters. The van der Waals surface area contributed by atoms with Gasteiger partial charge in [0.25, 0.3) is 0 Å². The molecule has 1 saturated heterocycles. The molecule has 5 nitrogen and oxygen atoms in total. The molecule has 0 saturated carbocycles. The molecule has 1 aliphatic heterocycles. The van der Waals surface area contributed by atoms with Crippen LogP contribution in [0.25, 0.3) is 0 Å². The first-order chi connectivity index (χ1) is 14.6. The van der Waals surface area contributed by atoms with Crippen molar-refractivity contribution >= 4 is 23.4 Å². The van der Waals surface area contributed by atoms with Gasteiger partial charge in [0.05, 0.1) is 6.10 Å². The topological polar surface area (TPSA) is 58.6 Å². The lowest BCUT2D eigenvalue weighted by atomic mass is 10.0. The number of halogens is 1. The molecule has 2 aromatic rings. The quantitative estimate of drug-likeness (QED) is 0.639. The van der Waals surface area contributed by atoms with Gasteiger partial charge in [-0.1, -0.05) is 61.0 Å². The van der Waals surface area contributed by atoms with Crippen LogP contribution in [0.2, 0.25) is 5.02 Å². The van der Waals surface area contributed by atoms with E-state index in [0.29, 0.717) is 24.5 Å². The van der Waals surface area contributed by atoms with Crippen molar-refractivity contribution < 1.29 is 14.3 Å². The molecule has 0 bridgehead atoms. The predicted octanol–water partition coefficient (Wildman–Crippen LogP) is 4.51. The van der Waals surface area contributed by atoms with Crippen molar-refractivity contribution in [2.24, 2.45) is 0 Å². The molecule has 160 valence electrons. The molecule has 0 aromatic heterocycles. The Morgan fingerprint density at radius 2 is 1.90 bits per heavy atom. The summed E-state index contributed by atoms with van der Waals surface area (Å²) in [4.78, 5) is 28.1. The maximum absolute atomic E-state index is 13.3. The minimum absolute atomic E-state index is 0.0430. The fraction of sp³-hybridized carbons (Fsp3) is 0.417. The molecule has 3 rings (SSSR count). The number of nitrogens with zero attached hydrogens (tertiary/aromatic N) is 1. The fourth-order valence-electron chi connectivity index (χ4n) is 3.69. The summed E-state index contributed by atoms with van der Waals surface area (Å²) in [5, 5.41) is 3.65. The second kappa shape index (κ2) is 11.1. The van der Waals surface area contributed by atoms with Gasteiger partial charge in [0.2, 0.25) is 11.8 Å². The Balaban J connectivity index is 1.87. The highest BCUT2D eigenvalue weighted by atomic mass is 35.5. The molecular weight excluding hydrogens is 400 g/mol. The number of carbonyl (C=O) groups is 2. The summed E-state index contributed by atoms with van der Waals surface area (Å²) < 4.78 is 5.63. The van der Waals surface area contributed by atoms with Crippen LogP contribution in [0.1, 0.15) is 49.8 Å². The Morgan fingerprint density at radius 3 is 2.53 bits per heavy atom. The second-order valence-electron chi connectivity index (χ2n) is 7.59. The monoisotopic (exact) mass is 428 g/mol. The molecule has 2 aromatic carbocycles. The highest BCUT2D eigenvalue weighted by Gasteiger charge is 2.31. The van der Waals surface area contributed by atoms with Crippen molar-refractivity contribution in [3.05, 3.63) is 70.7 Å². The Hall–Kier alpha value is -2.37. The normalized spacial score (nSPS) is 16.8.